The van der Waals surface area contributed by atoms with Crippen molar-refractivity contribution in [1.29, 1.82) is 0 Å². The first kappa shape index (κ1) is 12.4. The Balaban J connectivity index is 2.72. The minimum atomic E-state index is -0.527. The van der Waals surface area contributed by atoms with E-state index in [1.165, 1.54) is 0 Å². The van der Waals surface area contributed by atoms with Gasteiger partial charge in [-0.25, -0.2) is 4.39 Å². The summed E-state index contributed by atoms with van der Waals surface area (Å²) in [5.41, 5.74) is 6.54. The molecule has 0 saturated carbocycles. The Morgan fingerprint density at radius 1 is 1.12 bits per heavy atom. The Bertz CT molecular complexity index is 587. The van der Waals surface area contributed by atoms with Crippen molar-refractivity contribution in [3.63, 3.8) is 0 Å². The molecule has 0 amide bonds. The molecule has 2 nitrogen and oxygen atoms in total. The minimum absolute atomic E-state index is 0.149. The van der Waals surface area contributed by atoms with Gasteiger partial charge in [0, 0.05) is 11.6 Å². The third-order valence-electron chi connectivity index (χ3n) is 2.16. The van der Waals surface area contributed by atoms with Crippen LogP contribution in [0.2, 0.25) is 15.1 Å². The average molecular weight is 292 g/mol. The van der Waals surface area contributed by atoms with Gasteiger partial charge in [-0.05, 0) is 12.1 Å². The maximum Gasteiger partial charge on any atom is 0.143 e. The van der Waals surface area contributed by atoms with E-state index in [0.717, 1.165) is 12.3 Å². The van der Waals surface area contributed by atoms with E-state index in [4.69, 9.17) is 40.5 Å². The molecule has 0 aliphatic carbocycles. The molecule has 0 atom stereocenters. The molecule has 0 radical (unpaired) electrons. The van der Waals surface area contributed by atoms with Crippen molar-refractivity contribution in [3.8, 4) is 11.3 Å². The molecule has 0 aliphatic rings. The van der Waals surface area contributed by atoms with Crippen molar-refractivity contribution in [2.75, 3.05) is 5.73 Å². The second kappa shape index (κ2) is 4.69. The number of nitrogens with zero attached hydrogens (tertiary/aromatic N) is 1. The fourth-order valence-corrected chi connectivity index (χ4v) is 2.12. The predicted octanol–water partition coefficient (Wildman–Crippen LogP) is 4.43. The van der Waals surface area contributed by atoms with E-state index >= 15 is 0 Å². The molecular weight excluding hydrogens is 285 g/mol. The van der Waals surface area contributed by atoms with Crippen LogP contribution in [0.25, 0.3) is 11.3 Å². The van der Waals surface area contributed by atoms with Gasteiger partial charge >= 0.3 is 0 Å². The summed E-state index contributed by atoms with van der Waals surface area (Å²) in [6.45, 7) is 0. The number of hydrogen-bond donors (Lipinski definition) is 1. The Kier molecular flexibility index (Phi) is 3.43. The van der Waals surface area contributed by atoms with Gasteiger partial charge in [-0.3, -0.25) is 4.98 Å². The molecule has 0 bridgehead atoms. The van der Waals surface area contributed by atoms with Gasteiger partial charge in [0.25, 0.3) is 0 Å². The molecule has 1 heterocycles. The monoisotopic (exact) mass is 290 g/mol. The average Bonchev–Trinajstić information content (AvgIpc) is 2.27. The van der Waals surface area contributed by atoms with E-state index in [1.54, 1.807) is 12.1 Å². The van der Waals surface area contributed by atoms with Crippen LogP contribution < -0.4 is 5.73 Å². The normalized spacial score (nSPS) is 10.6. The summed E-state index contributed by atoms with van der Waals surface area (Å²) >= 11 is 17.9. The van der Waals surface area contributed by atoms with Crippen LogP contribution in [-0.4, -0.2) is 4.98 Å². The van der Waals surface area contributed by atoms with Gasteiger partial charge in [-0.1, -0.05) is 34.8 Å². The van der Waals surface area contributed by atoms with Crippen molar-refractivity contribution in [1.82, 2.24) is 4.98 Å². The van der Waals surface area contributed by atoms with Crippen LogP contribution in [0.4, 0.5) is 10.1 Å². The van der Waals surface area contributed by atoms with E-state index in [1.807, 2.05) is 0 Å². The lowest BCUT2D eigenvalue weighted by Crippen LogP contribution is -1.96. The number of nitrogens with two attached hydrogens (primary N) is 1. The summed E-state index contributed by atoms with van der Waals surface area (Å²) in [6, 6.07) is 4.29. The van der Waals surface area contributed by atoms with Crippen LogP contribution in [0.1, 0.15) is 0 Å². The summed E-state index contributed by atoms with van der Waals surface area (Å²) in [5, 5.41) is 0.923. The number of benzene rings is 1. The van der Waals surface area contributed by atoms with Crippen molar-refractivity contribution in [2.45, 2.75) is 0 Å². The summed E-state index contributed by atoms with van der Waals surface area (Å²) in [4.78, 5) is 3.88. The zero-order chi connectivity index (χ0) is 12.6. The third-order valence-corrected chi connectivity index (χ3v) is 3.28. The molecule has 88 valence electrons. The highest BCUT2D eigenvalue weighted by Crippen LogP contribution is 2.40. The van der Waals surface area contributed by atoms with Gasteiger partial charge in [0.2, 0.25) is 0 Å². The standard InChI is InChI=1S/C11H6Cl3FN2/c12-6-1-2-7(13)10(14)9(6)11-8(16)3-5(15)4-17-11/h1-4H,16H2. The number of nitrogen functional groups attached to an aromatic ring is 1. The molecule has 2 rings (SSSR count). The van der Waals surface area contributed by atoms with Gasteiger partial charge in [0.15, 0.2) is 0 Å². The van der Waals surface area contributed by atoms with E-state index in [9.17, 15) is 4.39 Å². The van der Waals surface area contributed by atoms with Gasteiger partial charge in [0.05, 0.1) is 32.6 Å². The maximum absolute atomic E-state index is 12.9. The predicted molar refractivity (Wildman–Crippen MR) is 69.1 cm³/mol. The molecule has 0 fully saturated rings. The molecule has 0 aliphatic heterocycles. The van der Waals surface area contributed by atoms with E-state index in [0.29, 0.717) is 21.3 Å². The third kappa shape index (κ3) is 2.32. The van der Waals surface area contributed by atoms with Crippen LogP contribution in [0.15, 0.2) is 24.4 Å². The number of halogens is 4. The first-order chi connectivity index (χ1) is 8.00. The Morgan fingerprint density at radius 3 is 2.41 bits per heavy atom. The maximum atomic E-state index is 12.9. The summed E-state index contributed by atoms with van der Waals surface area (Å²) in [5.74, 6) is -0.527. The van der Waals surface area contributed by atoms with E-state index in [2.05, 4.69) is 4.98 Å². The summed E-state index contributed by atoms with van der Waals surface area (Å²) in [7, 11) is 0. The van der Waals surface area contributed by atoms with Crippen LogP contribution in [-0.2, 0) is 0 Å². The van der Waals surface area contributed by atoms with Crippen LogP contribution >= 0.6 is 34.8 Å². The molecular formula is C11H6Cl3FN2. The zero-order valence-corrected chi connectivity index (χ0v) is 10.6. The van der Waals surface area contributed by atoms with Crippen molar-refractivity contribution >= 4 is 40.5 Å². The number of hydrogen-bond acceptors (Lipinski definition) is 2. The van der Waals surface area contributed by atoms with Gasteiger partial charge in [-0.15, -0.1) is 0 Å². The van der Waals surface area contributed by atoms with Crippen molar-refractivity contribution in [3.05, 3.63) is 45.3 Å². The topological polar surface area (TPSA) is 38.9 Å². The van der Waals surface area contributed by atoms with E-state index < -0.39 is 5.82 Å². The van der Waals surface area contributed by atoms with Crippen LogP contribution in [0, 0.1) is 5.82 Å². The SMILES string of the molecule is Nc1cc(F)cnc1-c1c(Cl)ccc(Cl)c1Cl. The molecule has 6 heteroatoms. The highest BCUT2D eigenvalue weighted by Gasteiger charge is 2.15. The highest BCUT2D eigenvalue weighted by molar-refractivity contribution is 6.46. The number of rotatable bonds is 1. The number of aromatic nitrogens is 1. The van der Waals surface area contributed by atoms with E-state index in [-0.39, 0.29) is 10.7 Å². The second-order valence-corrected chi connectivity index (χ2v) is 4.50. The smallest absolute Gasteiger partial charge is 0.143 e. The first-order valence-electron chi connectivity index (χ1n) is 4.55. The minimum Gasteiger partial charge on any atom is -0.397 e. The second-order valence-electron chi connectivity index (χ2n) is 3.31. The Hall–Kier alpha value is -1.03. The number of anilines is 1. The van der Waals surface area contributed by atoms with Gasteiger partial charge in [-0.2, -0.15) is 0 Å². The van der Waals surface area contributed by atoms with Crippen LogP contribution in [0.3, 0.4) is 0 Å². The van der Waals surface area contributed by atoms with Crippen molar-refractivity contribution in [2.24, 2.45) is 0 Å². The quantitative estimate of drug-likeness (QED) is 0.789. The Labute approximate surface area is 112 Å². The molecule has 2 aromatic rings. The van der Waals surface area contributed by atoms with Gasteiger partial charge < -0.3 is 5.73 Å². The molecule has 2 N–H and O–H groups in total. The summed E-state index contributed by atoms with van der Waals surface area (Å²) in [6.07, 6.45) is 1.04. The largest absolute Gasteiger partial charge is 0.397 e. The fraction of sp³-hybridized carbons (Fsp3) is 0. The fourth-order valence-electron chi connectivity index (χ4n) is 1.41. The molecule has 1 aromatic carbocycles. The Morgan fingerprint density at radius 2 is 1.76 bits per heavy atom. The molecule has 17 heavy (non-hydrogen) atoms. The highest BCUT2D eigenvalue weighted by atomic mass is 35.5. The molecule has 0 spiro atoms. The molecule has 0 saturated heterocycles. The van der Waals surface area contributed by atoms with Crippen molar-refractivity contribution < 1.29 is 4.39 Å². The lowest BCUT2D eigenvalue weighted by atomic mass is 10.1. The lowest BCUT2D eigenvalue weighted by Gasteiger charge is -2.10. The summed E-state index contributed by atoms with van der Waals surface area (Å²) < 4.78 is 12.9. The molecule has 1 aromatic heterocycles. The first-order valence-corrected chi connectivity index (χ1v) is 5.69. The zero-order valence-electron chi connectivity index (χ0n) is 8.35. The number of pyridine rings is 1. The van der Waals surface area contributed by atoms with Gasteiger partial charge in [0.1, 0.15) is 5.82 Å². The van der Waals surface area contributed by atoms with Crippen LogP contribution in [0.5, 0.6) is 0 Å². The molecule has 0 unspecified atom stereocenters. The lowest BCUT2D eigenvalue weighted by molar-refractivity contribution is 0.622.